The number of rotatable bonds is 6. The molecule has 4 rings (SSSR count). The molecular formula is C26H20F3NO3. The Hall–Kier alpha value is -3.87. The third kappa shape index (κ3) is 4.98. The quantitative estimate of drug-likeness (QED) is 0.469. The maximum Gasteiger partial charge on any atom is 0.454 e. The molecule has 0 heterocycles. The monoisotopic (exact) mass is 451 g/mol. The van der Waals surface area contributed by atoms with Gasteiger partial charge in [0.1, 0.15) is 6.61 Å². The summed E-state index contributed by atoms with van der Waals surface area (Å²) in [7, 11) is 0. The molecule has 1 N–H and O–H groups in total. The van der Waals surface area contributed by atoms with Crippen molar-refractivity contribution in [2.24, 2.45) is 0 Å². The van der Waals surface area contributed by atoms with E-state index in [9.17, 15) is 22.8 Å². The number of hydrogen-bond donors (Lipinski definition) is 1. The zero-order valence-corrected chi connectivity index (χ0v) is 17.4. The molecule has 168 valence electrons. The minimum Gasteiger partial charge on any atom is -0.449 e. The van der Waals surface area contributed by atoms with Crippen LogP contribution in [0, 0.1) is 0 Å². The number of alkyl carbamates (subject to hydrolysis) is 1. The lowest BCUT2D eigenvalue weighted by Crippen LogP contribution is -2.26. The van der Waals surface area contributed by atoms with Gasteiger partial charge >= 0.3 is 12.3 Å². The standard InChI is InChI=1S/C26H20F3NO3/c27-26(28,29)24(31)18-9-5-7-17(15-18)8-6-14-30-25(32)33-16-23-21-12-3-1-10-19(21)20-11-2-4-13-22(20)23/h1-13,15,23H,14,16H2,(H,30,32). The lowest BCUT2D eigenvalue weighted by Gasteiger charge is -2.14. The van der Waals surface area contributed by atoms with Crippen molar-refractivity contribution in [2.75, 3.05) is 13.2 Å². The predicted molar refractivity (Wildman–Crippen MR) is 119 cm³/mol. The molecule has 1 aliphatic rings. The van der Waals surface area contributed by atoms with E-state index in [1.807, 2.05) is 36.4 Å². The van der Waals surface area contributed by atoms with Gasteiger partial charge in [-0.15, -0.1) is 0 Å². The molecule has 1 aliphatic carbocycles. The highest BCUT2D eigenvalue weighted by Gasteiger charge is 2.39. The van der Waals surface area contributed by atoms with Crippen LogP contribution in [-0.2, 0) is 4.74 Å². The molecule has 7 heteroatoms. The second-order valence-corrected chi connectivity index (χ2v) is 7.56. The van der Waals surface area contributed by atoms with Gasteiger partial charge in [0.25, 0.3) is 5.78 Å². The number of benzene rings is 3. The molecule has 1 amide bonds. The van der Waals surface area contributed by atoms with Crippen LogP contribution in [0.1, 0.15) is 33.0 Å². The predicted octanol–water partition coefficient (Wildman–Crippen LogP) is 5.98. The summed E-state index contributed by atoms with van der Waals surface area (Å²) in [5.74, 6) is -1.94. The first-order valence-electron chi connectivity index (χ1n) is 10.3. The van der Waals surface area contributed by atoms with Gasteiger partial charge in [-0.1, -0.05) is 78.9 Å². The molecule has 0 fully saturated rings. The van der Waals surface area contributed by atoms with Crippen molar-refractivity contribution in [2.45, 2.75) is 12.1 Å². The van der Waals surface area contributed by atoms with E-state index in [0.717, 1.165) is 34.4 Å². The van der Waals surface area contributed by atoms with Gasteiger partial charge in [-0.3, -0.25) is 4.79 Å². The van der Waals surface area contributed by atoms with Crippen molar-refractivity contribution >= 4 is 18.0 Å². The van der Waals surface area contributed by atoms with E-state index >= 15 is 0 Å². The molecule has 0 bridgehead atoms. The Kier molecular flexibility index (Phi) is 6.31. The van der Waals surface area contributed by atoms with Crippen LogP contribution in [0.2, 0.25) is 0 Å². The summed E-state index contributed by atoms with van der Waals surface area (Å²) >= 11 is 0. The minimum absolute atomic E-state index is 0.0485. The highest BCUT2D eigenvalue weighted by atomic mass is 19.4. The zero-order chi connectivity index (χ0) is 23.4. The highest BCUT2D eigenvalue weighted by Crippen LogP contribution is 2.44. The van der Waals surface area contributed by atoms with Crippen molar-refractivity contribution < 1.29 is 27.5 Å². The largest absolute Gasteiger partial charge is 0.454 e. The van der Waals surface area contributed by atoms with Crippen molar-refractivity contribution in [1.82, 2.24) is 5.32 Å². The highest BCUT2D eigenvalue weighted by molar-refractivity contribution is 6.00. The van der Waals surface area contributed by atoms with E-state index in [4.69, 9.17) is 4.74 Å². The Morgan fingerprint density at radius 1 is 0.909 bits per heavy atom. The average Bonchev–Trinajstić information content (AvgIpc) is 3.13. The van der Waals surface area contributed by atoms with Crippen LogP contribution in [0.5, 0.6) is 0 Å². The smallest absolute Gasteiger partial charge is 0.449 e. The Morgan fingerprint density at radius 2 is 1.55 bits per heavy atom. The first-order valence-corrected chi connectivity index (χ1v) is 10.3. The van der Waals surface area contributed by atoms with Gasteiger partial charge in [-0.2, -0.15) is 13.2 Å². The minimum atomic E-state index is -4.92. The lowest BCUT2D eigenvalue weighted by molar-refractivity contribution is -0.0885. The molecule has 0 unspecified atom stereocenters. The Bertz CT molecular complexity index is 1170. The number of ether oxygens (including phenoxy) is 1. The van der Waals surface area contributed by atoms with Crippen LogP contribution < -0.4 is 5.32 Å². The van der Waals surface area contributed by atoms with Crippen LogP contribution in [-0.4, -0.2) is 31.2 Å². The van der Waals surface area contributed by atoms with Gasteiger partial charge < -0.3 is 10.1 Å². The fourth-order valence-corrected chi connectivity index (χ4v) is 3.93. The van der Waals surface area contributed by atoms with Crippen molar-refractivity contribution in [3.05, 3.63) is 101 Å². The molecule has 3 aromatic rings. The number of hydrogen-bond acceptors (Lipinski definition) is 3. The number of carbonyl (C=O) groups excluding carboxylic acids is 2. The van der Waals surface area contributed by atoms with Gasteiger partial charge in [-0.25, -0.2) is 4.79 Å². The molecule has 0 saturated heterocycles. The number of Topliss-reactive ketones (excluding diaryl/α,β-unsaturated/α-hetero) is 1. The summed E-state index contributed by atoms with van der Waals surface area (Å²) in [6.07, 6.45) is -2.42. The summed E-state index contributed by atoms with van der Waals surface area (Å²) in [4.78, 5) is 23.5. The summed E-state index contributed by atoms with van der Waals surface area (Å²) < 4.78 is 43.2. The topological polar surface area (TPSA) is 55.4 Å². The second-order valence-electron chi connectivity index (χ2n) is 7.56. The summed E-state index contributed by atoms with van der Waals surface area (Å²) in [6.45, 7) is 0.305. The van der Waals surface area contributed by atoms with E-state index in [1.165, 1.54) is 12.1 Å². The Balaban J connectivity index is 1.31. The van der Waals surface area contributed by atoms with Gasteiger partial charge in [-0.05, 0) is 33.9 Å². The Morgan fingerprint density at radius 3 is 2.18 bits per heavy atom. The number of carbonyl (C=O) groups is 2. The van der Waals surface area contributed by atoms with Crippen LogP contribution in [0.15, 0.2) is 78.9 Å². The number of alkyl halides is 3. The van der Waals surface area contributed by atoms with Crippen LogP contribution in [0.4, 0.5) is 18.0 Å². The van der Waals surface area contributed by atoms with Crippen molar-refractivity contribution in [1.29, 1.82) is 0 Å². The fourth-order valence-electron chi connectivity index (χ4n) is 3.93. The molecule has 0 radical (unpaired) electrons. The van der Waals surface area contributed by atoms with Gasteiger partial charge in [0.05, 0.1) is 0 Å². The molecule has 0 spiro atoms. The lowest BCUT2D eigenvalue weighted by atomic mass is 9.98. The molecule has 0 aliphatic heterocycles. The third-order valence-electron chi connectivity index (χ3n) is 5.42. The molecule has 33 heavy (non-hydrogen) atoms. The normalized spacial score (nSPS) is 12.9. The third-order valence-corrected chi connectivity index (χ3v) is 5.42. The summed E-state index contributed by atoms with van der Waals surface area (Å²) in [5.41, 5.74) is 4.47. The van der Waals surface area contributed by atoms with Crippen molar-refractivity contribution in [3.63, 3.8) is 0 Å². The molecule has 0 aromatic heterocycles. The van der Waals surface area contributed by atoms with E-state index in [2.05, 4.69) is 17.4 Å². The van der Waals surface area contributed by atoms with Crippen molar-refractivity contribution in [3.8, 4) is 11.1 Å². The number of ketones is 1. The number of fused-ring (bicyclic) bond motifs is 3. The molecular weight excluding hydrogens is 431 g/mol. The van der Waals surface area contributed by atoms with Gasteiger partial charge in [0.15, 0.2) is 0 Å². The zero-order valence-electron chi connectivity index (χ0n) is 17.4. The SMILES string of the molecule is O=C(NCC=Cc1cccc(C(=O)C(F)(F)F)c1)OCC1c2ccccc2-c2ccccc21. The molecule has 0 atom stereocenters. The van der Waals surface area contributed by atoms with Crippen LogP contribution in [0.25, 0.3) is 17.2 Å². The first-order chi connectivity index (χ1) is 15.8. The van der Waals surface area contributed by atoms with Crippen LogP contribution in [0.3, 0.4) is 0 Å². The summed E-state index contributed by atoms with van der Waals surface area (Å²) in [6, 6.07) is 21.2. The number of amides is 1. The van der Waals surface area contributed by atoms with Crippen LogP contribution >= 0.6 is 0 Å². The maximum atomic E-state index is 12.6. The molecule has 4 nitrogen and oxygen atoms in total. The average molecular weight is 451 g/mol. The Labute approximate surface area is 188 Å². The van der Waals surface area contributed by atoms with E-state index in [-0.39, 0.29) is 19.1 Å². The number of halogens is 3. The number of nitrogens with one attached hydrogen (secondary N) is 1. The van der Waals surface area contributed by atoms with Gasteiger partial charge in [0, 0.05) is 18.0 Å². The van der Waals surface area contributed by atoms with E-state index in [0.29, 0.717) is 5.56 Å². The first kappa shape index (κ1) is 22.3. The van der Waals surface area contributed by atoms with Gasteiger partial charge in [0.2, 0.25) is 0 Å². The fraction of sp³-hybridized carbons (Fsp3) is 0.154. The second kappa shape index (κ2) is 9.32. The van der Waals surface area contributed by atoms with E-state index in [1.54, 1.807) is 12.1 Å². The maximum absolute atomic E-state index is 12.6. The summed E-state index contributed by atoms with van der Waals surface area (Å²) in [5, 5.41) is 2.59. The molecule has 0 saturated carbocycles. The molecule has 3 aromatic carbocycles. The van der Waals surface area contributed by atoms with E-state index < -0.39 is 23.6 Å².